The van der Waals surface area contributed by atoms with Crippen LogP contribution in [0.3, 0.4) is 0 Å². The zero-order chi connectivity index (χ0) is 23.0. The van der Waals surface area contributed by atoms with Gasteiger partial charge in [-0.25, -0.2) is 0 Å². The van der Waals surface area contributed by atoms with Gasteiger partial charge in [0.05, 0.1) is 6.16 Å². The van der Waals surface area contributed by atoms with E-state index < -0.39 is 0 Å². The predicted octanol–water partition coefficient (Wildman–Crippen LogP) is 6.31. The molecule has 0 bridgehead atoms. The van der Waals surface area contributed by atoms with Gasteiger partial charge in [-0.1, -0.05) is 149 Å². The summed E-state index contributed by atoms with van der Waals surface area (Å²) in [7, 11) is 2.11. The Kier molecular flexibility index (Phi) is 14.8. The molecule has 0 nitrogen and oxygen atoms in total. The lowest BCUT2D eigenvalue weighted by atomic mass is 9.66. The number of halogens is 1. The van der Waals surface area contributed by atoms with E-state index in [9.17, 15) is 0 Å². The van der Waals surface area contributed by atoms with Crippen LogP contribution in [0.1, 0.15) is 93.7 Å². The van der Waals surface area contributed by atoms with E-state index in [4.69, 9.17) is 0 Å². The van der Waals surface area contributed by atoms with Crippen molar-refractivity contribution >= 4 is 9.24 Å². The van der Waals surface area contributed by atoms with Crippen LogP contribution in [0.25, 0.3) is 0 Å². The van der Waals surface area contributed by atoms with E-state index in [1.165, 1.54) is 93.5 Å². The molecule has 0 amide bonds. The zero-order valence-corrected chi connectivity index (χ0v) is 24.5. The van der Waals surface area contributed by atoms with Crippen LogP contribution >= 0.6 is 9.24 Å². The number of hydrogen-bond donors (Lipinski definition) is 0. The molecule has 3 rings (SSSR count). The molecule has 0 radical (unpaired) electrons. The van der Waals surface area contributed by atoms with Gasteiger partial charge in [-0.05, 0) is 45.2 Å². The lowest BCUT2D eigenvalue weighted by Gasteiger charge is -2.36. The van der Waals surface area contributed by atoms with E-state index in [1.807, 2.05) is 0 Å². The Morgan fingerprint density at radius 1 is 0.412 bits per heavy atom. The van der Waals surface area contributed by atoms with Crippen molar-refractivity contribution in [2.75, 3.05) is 6.16 Å². The number of rotatable bonds is 16. The third-order valence-corrected chi connectivity index (χ3v) is 7.60. The van der Waals surface area contributed by atoms with Crippen LogP contribution in [0.15, 0.2) is 91.0 Å². The van der Waals surface area contributed by atoms with E-state index in [0.717, 1.165) is 6.42 Å². The van der Waals surface area contributed by atoms with Gasteiger partial charge in [-0.2, -0.15) is 0 Å². The predicted molar refractivity (Wildman–Crippen MR) is 151 cm³/mol. The van der Waals surface area contributed by atoms with Gasteiger partial charge in [-0.15, -0.1) is 0 Å². The molecule has 0 aromatic heterocycles. The van der Waals surface area contributed by atoms with Crippen LogP contribution in [0, 0.1) is 0 Å². The van der Waals surface area contributed by atoms with Crippen LogP contribution in [-0.2, 0) is 5.41 Å². The highest BCUT2D eigenvalue weighted by molar-refractivity contribution is 7.16. The Morgan fingerprint density at radius 2 is 0.706 bits per heavy atom. The Balaban J connectivity index is 0.00000408. The van der Waals surface area contributed by atoms with E-state index in [1.54, 1.807) is 0 Å². The number of benzene rings is 3. The Hall–Kier alpha value is -1.18. The molecule has 2 heteroatoms. The van der Waals surface area contributed by atoms with Crippen molar-refractivity contribution in [1.29, 1.82) is 0 Å². The molecule has 0 fully saturated rings. The second kappa shape index (κ2) is 17.3. The molecule has 1 unspecified atom stereocenters. The minimum atomic E-state index is -0.0806. The molecule has 0 N–H and O–H groups in total. The molecule has 3 aromatic rings. The average molecular weight is 587 g/mol. The SMILES string of the molecule is [I-].[PH3+]CCCCCCCCCCCCCC(c1ccccc1)(c1ccccc1)c1ccccc1. The topological polar surface area (TPSA) is 0 Å². The average Bonchev–Trinajstić information content (AvgIpc) is 2.89. The summed E-state index contributed by atoms with van der Waals surface area (Å²) in [5.74, 6) is 0. The molecule has 0 saturated carbocycles. The quantitative estimate of drug-likeness (QED) is 0.0799. The number of hydrogen-bond acceptors (Lipinski definition) is 0. The molecule has 0 aliphatic heterocycles. The fourth-order valence-corrected chi connectivity index (χ4v) is 5.61. The summed E-state index contributed by atoms with van der Waals surface area (Å²) < 4.78 is 0. The molecule has 0 aliphatic carbocycles. The molecule has 0 saturated heterocycles. The highest BCUT2D eigenvalue weighted by Crippen LogP contribution is 2.43. The minimum Gasteiger partial charge on any atom is -1.00 e. The van der Waals surface area contributed by atoms with Crippen LogP contribution in [-0.4, -0.2) is 6.16 Å². The van der Waals surface area contributed by atoms with Crippen molar-refractivity contribution in [3.05, 3.63) is 108 Å². The summed E-state index contributed by atoms with van der Waals surface area (Å²) in [6, 6.07) is 33.5. The van der Waals surface area contributed by atoms with Crippen molar-refractivity contribution in [2.24, 2.45) is 0 Å². The second-order valence-corrected chi connectivity index (χ2v) is 10.2. The van der Waals surface area contributed by atoms with Crippen molar-refractivity contribution in [2.45, 2.75) is 82.5 Å². The van der Waals surface area contributed by atoms with Gasteiger partial charge in [0.1, 0.15) is 0 Å². The molecule has 3 aromatic carbocycles. The Labute approximate surface area is 228 Å². The van der Waals surface area contributed by atoms with E-state index in [0.29, 0.717) is 0 Å². The highest BCUT2D eigenvalue weighted by atomic mass is 127. The third kappa shape index (κ3) is 8.80. The van der Waals surface area contributed by atoms with Crippen LogP contribution in [0.2, 0.25) is 0 Å². The highest BCUT2D eigenvalue weighted by Gasteiger charge is 2.35. The van der Waals surface area contributed by atoms with Crippen LogP contribution in [0.4, 0.5) is 0 Å². The first-order valence-electron chi connectivity index (χ1n) is 13.3. The first-order valence-corrected chi connectivity index (χ1v) is 14.3. The largest absolute Gasteiger partial charge is 1.00 e. The van der Waals surface area contributed by atoms with E-state index in [-0.39, 0.29) is 29.4 Å². The van der Waals surface area contributed by atoms with Crippen molar-refractivity contribution in [3.8, 4) is 0 Å². The lowest BCUT2D eigenvalue weighted by molar-refractivity contribution is -0.00000665. The van der Waals surface area contributed by atoms with Gasteiger partial charge in [0.2, 0.25) is 0 Å². The second-order valence-electron chi connectivity index (χ2n) is 9.50. The summed E-state index contributed by atoms with van der Waals surface area (Å²) in [4.78, 5) is 0. The first kappa shape index (κ1) is 29.1. The maximum Gasteiger partial charge on any atom is 0.0526 e. The molecular formula is C32H44IP. The zero-order valence-electron chi connectivity index (χ0n) is 20.9. The molecule has 34 heavy (non-hydrogen) atoms. The van der Waals surface area contributed by atoms with Crippen molar-refractivity contribution < 1.29 is 24.0 Å². The van der Waals surface area contributed by atoms with Gasteiger partial charge in [0, 0.05) is 5.41 Å². The normalized spacial score (nSPS) is 11.3. The van der Waals surface area contributed by atoms with Gasteiger partial charge < -0.3 is 24.0 Å². The van der Waals surface area contributed by atoms with Crippen LogP contribution < -0.4 is 24.0 Å². The molecule has 0 aliphatic rings. The summed E-state index contributed by atoms with van der Waals surface area (Å²) in [5, 5.41) is 0. The van der Waals surface area contributed by atoms with Gasteiger partial charge in [-0.3, -0.25) is 0 Å². The van der Waals surface area contributed by atoms with Crippen LogP contribution in [0.5, 0.6) is 0 Å². The van der Waals surface area contributed by atoms with E-state index in [2.05, 4.69) is 100 Å². The van der Waals surface area contributed by atoms with E-state index >= 15 is 0 Å². The lowest BCUT2D eigenvalue weighted by Crippen LogP contribution is -3.00. The molecule has 0 heterocycles. The fraction of sp³-hybridized carbons (Fsp3) is 0.438. The van der Waals surface area contributed by atoms with Gasteiger partial charge in [0.15, 0.2) is 0 Å². The molecule has 184 valence electrons. The maximum atomic E-state index is 2.32. The first-order chi connectivity index (χ1) is 16.4. The standard InChI is InChI=1S/C32H43P.HI/c33-28-20-9-7-5-3-1-2-4-6-8-19-27-32(29-21-13-10-14-22-29,30-23-15-11-16-24-30)31-25-17-12-18-26-31;/h10-18,21-26H,1-9,19-20,27-28,33H2;1H. The summed E-state index contributed by atoms with van der Waals surface area (Å²) in [6.45, 7) is 0. The Bertz CT molecular complexity index is 767. The molecule has 0 spiro atoms. The minimum absolute atomic E-state index is 0. The number of unbranched alkanes of at least 4 members (excludes halogenated alkanes) is 10. The smallest absolute Gasteiger partial charge is 0.0526 e. The van der Waals surface area contributed by atoms with Crippen molar-refractivity contribution in [1.82, 2.24) is 0 Å². The summed E-state index contributed by atoms with van der Waals surface area (Å²) in [5.41, 5.74) is 4.14. The Morgan fingerprint density at radius 3 is 1.03 bits per heavy atom. The summed E-state index contributed by atoms with van der Waals surface area (Å²) >= 11 is 0. The fourth-order valence-electron chi connectivity index (χ4n) is 5.26. The summed E-state index contributed by atoms with van der Waals surface area (Å²) in [6.07, 6.45) is 17.9. The molecule has 1 atom stereocenters. The monoisotopic (exact) mass is 586 g/mol. The maximum absolute atomic E-state index is 2.32. The molecular weight excluding hydrogens is 542 g/mol. The van der Waals surface area contributed by atoms with Gasteiger partial charge >= 0.3 is 0 Å². The van der Waals surface area contributed by atoms with Crippen molar-refractivity contribution in [3.63, 3.8) is 0 Å². The third-order valence-electron chi connectivity index (χ3n) is 7.10. The van der Waals surface area contributed by atoms with Gasteiger partial charge in [0.25, 0.3) is 0 Å².